The minimum atomic E-state index is 0.926. The van der Waals surface area contributed by atoms with Crippen LogP contribution in [0.3, 0.4) is 0 Å². The van der Waals surface area contributed by atoms with Gasteiger partial charge < -0.3 is 0 Å². The van der Waals surface area contributed by atoms with Crippen LogP contribution in [0.5, 0.6) is 0 Å². The van der Waals surface area contributed by atoms with E-state index in [1.807, 2.05) is 16.9 Å². The van der Waals surface area contributed by atoms with Gasteiger partial charge in [0.2, 0.25) is 0 Å². The molecule has 3 nitrogen and oxygen atoms in total. The maximum Gasteiger partial charge on any atom is 0.167 e. The fourth-order valence-corrected chi connectivity index (χ4v) is 1.17. The van der Waals surface area contributed by atoms with E-state index < -0.39 is 0 Å². The molecule has 0 bridgehead atoms. The van der Waals surface area contributed by atoms with E-state index in [0.29, 0.717) is 0 Å². The second kappa shape index (κ2) is 1.60. The second-order valence-corrected chi connectivity index (χ2v) is 2.60. The lowest BCUT2D eigenvalue weighted by Gasteiger charge is -1.76. The molecule has 0 aliphatic rings. The van der Waals surface area contributed by atoms with Crippen LogP contribution in [-0.4, -0.2) is 14.6 Å². The first-order valence-electron chi connectivity index (χ1n) is 2.54. The summed E-state index contributed by atoms with van der Waals surface area (Å²) in [5.74, 6) is 0. The first-order chi connectivity index (χ1) is 4.38. The zero-order valence-electron chi connectivity index (χ0n) is 4.50. The highest BCUT2D eigenvalue weighted by atomic mass is 79.9. The van der Waals surface area contributed by atoms with Gasteiger partial charge >= 0.3 is 0 Å². The largest absolute Gasteiger partial charge is 0.299 e. The van der Waals surface area contributed by atoms with Crippen molar-refractivity contribution in [1.29, 1.82) is 0 Å². The standard InChI is InChI=1S/C5H4BrN3/c6-4-3-8-9-2-1-7-5(4)9/h1-3,8H. The third-order valence-electron chi connectivity index (χ3n) is 1.18. The van der Waals surface area contributed by atoms with E-state index in [0.717, 1.165) is 10.1 Å². The molecule has 2 aromatic heterocycles. The molecule has 0 unspecified atom stereocenters. The third-order valence-corrected chi connectivity index (χ3v) is 1.77. The van der Waals surface area contributed by atoms with Gasteiger partial charge in [-0.2, -0.15) is 0 Å². The summed E-state index contributed by atoms with van der Waals surface area (Å²) in [4.78, 5) is 4.06. The molecule has 1 N–H and O–H groups in total. The fourth-order valence-electron chi connectivity index (χ4n) is 0.775. The Labute approximate surface area is 59.8 Å². The Morgan fingerprint density at radius 3 is 3.33 bits per heavy atom. The first-order valence-corrected chi connectivity index (χ1v) is 3.33. The molecule has 46 valence electrons. The summed E-state index contributed by atoms with van der Waals surface area (Å²) in [6, 6.07) is 0. The molecule has 0 aliphatic carbocycles. The number of aromatic amines is 1. The Hall–Kier alpha value is -0.770. The number of nitrogens with zero attached hydrogens (tertiary/aromatic N) is 2. The molecule has 0 aromatic carbocycles. The Bertz CT molecular complexity index is 321. The van der Waals surface area contributed by atoms with Gasteiger partial charge in [-0.05, 0) is 15.9 Å². The summed E-state index contributed by atoms with van der Waals surface area (Å²) in [7, 11) is 0. The van der Waals surface area contributed by atoms with Gasteiger partial charge in [-0.3, -0.25) is 5.10 Å². The minimum absolute atomic E-state index is 0.926. The predicted molar refractivity (Wildman–Crippen MR) is 37.2 cm³/mol. The van der Waals surface area contributed by atoms with Crippen LogP contribution in [0.25, 0.3) is 5.65 Å². The predicted octanol–water partition coefficient (Wildman–Crippen LogP) is 1.42. The van der Waals surface area contributed by atoms with Crippen LogP contribution in [0.4, 0.5) is 0 Å². The monoisotopic (exact) mass is 185 g/mol. The molecule has 0 spiro atoms. The van der Waals surface area contributed by atoms with Gasteiger partial charge in [0.1, 0.15) is 0 Å². The van der Waals surface area contributed by atoms with E-state index in [1.54, 1.807) is 6.20 Å². The quantitative estimate of drug-likeness (QED) is 0.663. The van der Waals surface area contributed by atoms with Crippen molar-refractivity contribution in [2.24, 2.45) is 0 Å². The number of nitrogens with one attached hydrogen (secondary N) is 1. The summed E-state index contributed by atoms with van der Waals surface area (Å²) >= 11 is 3.33. The highest BCUT2D eigenvalue weighted by Gasteiger charge is 1.97. The molecule has 0 atom stereocenters. The number of halogens is 1. The molecule has 2 aromatic rings. The van der Waals surface area contributed by atoms with Gasteiger partial charge in [-0.15, -0.1) is 0 Å². The summed E-state index contributed by atoms with van der Waals surface area (Å²) < 4.78 is 2.83. The van der Waals surface area contributed by atoms with Crippen LogP contribution in [0.1, 0.15) is 0 Å². The fraction of sp³-hybridized carbons (Fsp3) is 0. The van der Waals surface area contributed by atoms with Crippen LogP contribution in [-0.2, 0) is 0 Å². The van der Waals surface area contributed by atoms with E-state index in [9.17, 15) is 0 Å². The van der Waals surface area contributed by atoms with Crippen LogP contribution < -0.4 is 0 Å². The van der Waals surface area contributed by atoms with Gasteiger partial charge in [0.15, 0.2) is 5.65 Å². The van der Waals surface area contributed by atoms with E-state index >= 15 is 0 Å². The van der Waals surface area contributed by atoms with Crippen molar-refractivity contribution >= 4 is 21.6 Å². The highest BCUT2D eigenvalue weighted by Crippen LogP contribution is 2.13. The molecular formula is C5H4BrN3. The number of hydrogen-bond acceptors (Lipinski definition) is 1. The van der Waals surface area contributed by atoms with Crippen molar-refractivity contribution in [3.8, 4) is 0 Å². The summed E-state index contributed by atoms with van der Waals surface area (Å²) in [6.45, 7) is 0. The van der Waals surface area contributed by atoms with Crippen molar-refractivity contribution in [1.82, 2.24) is 14.6 Å². The highest BCUT2D eigenvalue weighted by molar-refractivity contribution is 9.10. The number of H-pyrrole nitrogens is 1. The van der Waals surface area contributed by atoms with E-state index in [4.69, 9.17) is 0 Å². The average molecular weight is 186 g/mol. The lowest BCUT2D eigenvalue weighted by Crippen LogP contribution is -1.75. The minimum Gasteiger partial charge on any atom is -0.299 e. The number of rotatable bonds is 0. The Balaban J connectivity index is 2.99. The van der Waals surface area contributed by atoms with Crippen molar-refractivity contribution < 1.29 is 0 Å². The molecule has 0 aliphatic heterocycles. The molecule has 0 fully saturated rings. The van der Waals surface area contributed by atoms with Gasteiger partial charge in [0, 0.05) is 18.6 Å². The van der Waals surface area contributed by atoms with Crippen molar-refractivity contribution in [3.63, 3.8) is 0 Å². The zero-order valence-corrected chi connectivity index (χ0v) is 6.09. The molecule has 0 radical (unpaired) electrons. The Morgan fingerprint density at radius 2 is 2.56 bits per heavy atom. The van der Waals surface area contributed by atoms with E-state index in [2.05, 4.69) is 26.0 Å². The lowest BCUT2D eigenvalue weighted by atomic mass is 10.7. The topological polar surface area (TPSA) is 33.1 Å². The molecule has 2 heterocycles. The first kappa shape index (κ1) is 5.05. The molecule has 9 heavy (non-hydrogen) atoms. The van der Waals surface area contributed by atoms with Crippen LogP contribution in [0.2, 0.25) is 0 Å². The van der Waals surface area contributed by atoms with Gasteiger partial charge in [0.25, 0.3) is 0 Å². The average Bonchev–Trinajstić information content (AvgIpc) is 2.35. The summed E-state index contributed by atoms with van der Waals surface area (Å²) in [6.07, 6.45) is 5.46. The van der Waals surface area contributed by atoms with Gasteiger partial charge in [0.05, 0.1) is 4.47 Å². The van der Waals surface area contributed by atoms with Crippen LogP contribution >= 0.6 is 15.9 Å². The van der Waals surface area contributed by atoms with E-state index in [-0.39, 0.29) is 0 Å². The van der Waals surface area contributed by atoms with Gasteiger partial charge in [-0.25, -0.2) is 9.50 Å². The van der Waals surface area contributed by atoms with Gasteiger partial charge in [-0.1, -0.05) is 0 Å². The van der Waals surface area contributed by atoms with Crippen LogP contribution in [0.15, 0.2) is 23.1 Å². The molecule has 0 saturated heterocycles. The third kappa shape index (κ3) is 0.595. The van der Waals surface area contributed by atoms with Crippen molar-refractivity contribution in [3.05, 3.63) is 23.1 Å². The van der Waals surface area contributed by atoms with Crippen molar-refractivity contribution in [2.45, 2.75) is 0 Å². The number of fused-ring (bicyclic) bond motifs is 1. The maximum atomic E-state index is 4.06. The van der Waals surface area contributed by atoms with E-state index in [1.165, 1.54) is 0 Å². The summed E-state index contributed by atoms with van der Waals surface area (Å²) in [5.41, 5.74) is 0.926. The number of aromatic nitrogens is 3. The van der Waals surface area contributed by atoms with Crippen LogP contribution in [0, 0.1) is 0 Å². The Morgan fingerprint density at radius 1 is 1.67 bits per heavy atom. The molecule has 2 rings (SSSR count). The molecule has 0 saturated carbocycles. The number of hydrogen-bond donors (Lipinski definition) is 1. The second-order valence-electron chi connectivity index (χ2n) is 1.74. The van der Waals surface area contributed by atoms with Crippen molar-refractivity contribution in [2.75, 3.05) is 0 Å². The normalized spacial score (nSPS) is 10.8. The zero-order chi connectivity index (χ0) is 6.27. The molecular weight excluding hydrogens is 182 g/mol. The lowest BCUT2D eigenvalue weighted by molar-refractivity contribution is 0.973. The summed E-state index contributed by atoms with van der Waals surface area (Å²) in [5, 5.41) is 2.98. The molecule has 0 amide bonds. The molecule has 4 heteroatoms. The SMILES string of the molecule is Brc1c[nH]n2ccnc12. The number of imidazole rings is 1. The smallest absolute Gasteiger partial charge is 0.167 e. The Kier molecular flexibility index (Phi) is 0.900. The maximum absolute atomic E-state index is 4.06.